The lowest BCUT2D eigenvalue weighted by Crippen LogP contribution is -1.90. The van der Waals surface area contributed by atoms with E-state index in [4.69, 9.17) is 4.52 Å². The number of hydrogen-bond donors (Lipinski definition) is 0. The highest BCUT2D eigenvalue weighted by molar-refractivity contribution is 7.98. The maximum Gasteiger partial charge on any atom is 0.237 e. The van der Waals surface area contributed by atoms with Crippen LogP contribution < -0.4 is 0 Å². The lowest BCUT2D eigenvalue weighted by atomic mass is 10.2. The first-order valence-corrected chi connectivity index (χ1v) is 6.73. The topological polar surface area (TPSA) is 56.0 Å². The van der Waals surface area contributed by atoms with Crippen LogP contribution in [0.3, 0.4) is 0 Å². The van der Waals surface area contributed by atoms with Crippen molar-refractivity contribution in [3.8, 4) is 0 Å². The molecule has 1 aromatic carbocycles. The molecule has 0 radical (unpaired) electrons. The molecular weight excluding hydrogens is 248 g/mol. The number of aryl methyl sites for hydroxylation is 1. The molecule has 0 unspecified atom stereocenters. The lowest BCUT2D eigenvalue weighted by Gasteiger charge is -1.99. The van der Waals surface area contributed by atoms with Crippen molar-refractivity contribution in [1.82, 2.24) is 10.1 Å². The number of carbonyl (C=O) groups is 1. The number of carbonyl (C=O) groups excluding carboxylic acids is 1. The van der Waals surface area contributed by atoms with E-state index in [1.807, 2.05) is 31.2 Å². The van der Waals surface area contributed by atoms with Gasteiger partial charge in [-0.25, -0.2) is 0 Å². The number of thioether (sulfide) groups is 1. The largest absolute Gasteiger partial charge is 0.338 e. The predicted molar refractivity (Wildman–Crippen MR) is 69.7 cm³/mol. The monoisotopic (exact) mass is 262 g/mol. The van der Waals surface area contributed by atoms with E-state index < -0.39 is 0 Å². The summed E-state index contributed by atoms with van der Waals surface area (Å²) in [5.41, 5.74) is 0.727. The van der Waals surface area contributed by atoms with E-state index in [0.717, 1.165) is 22.7 Å². The molecule has 4 nitrogen and oxygen atoms in total. The highest BCUT2D eigenvalue weighted by Gasteiger charge is 2.05. The molecule has 0 aliphatic heterocycles. The second-order valence-electron chi connectivity index (χ2n) is 3.83. The van der Waals surface area contributed by atoms with Crippen molar-refractivity contribution in [3.05, 3.63) is 41.5 Å². The number of hydrogen-bond acceptors (Lipinski definition) is 5. The standard InChI is InChI=1S/C13H14N2O2S/c1-3-12-14-13(17-15-12)8-18-11-6-4-10(5-7-11)9(2)16/h4-7H,3,8H2,1-2H3. The zero-order valence-corrected chi connectivity index (χ0v) is 11.2. The normalized spacial score (nSPS) is 10.6. The first kappa shape index (κ1) is 12.8. The van der Waals surface area contributed by atoms with Crippen molar-refractivity contribution in [2.45, 2.75) is 30.9 Å². The summed E-state index contributed by atoms with van der Waals surface area (Å²) < 4.78 is 5.10. The van der Waals surface area contributed by atoms with Crippen molar-refractivity contribution < 1.29 is 9.32 Å². The minimum atomic E-state index is 0.0797. The van der Waals surface area contributed by atoms with E-state index in [1.54, 1.807) is 18.7 Å². The predicted octanol–water partition coefficient (Wildman–Crippen LogP) is 3.13. The molecule has 0 saturated carbocycles. The number of benzene rings is 1. The van der Waals surface area contributed by atoms with Crippen LogP contribution in [0.25, 0.3) is 0 Å². The highest BCUT2D eigenvalue weighted by Crippen LogP contribution is 2.22. The Bertz CT molecular complexity index is 534. The number of aromatic nitrogens is 2. The Labute approximate surface area is 110 Å². The Hall–Kier alpha value is -1.62. The minimum Gasteiger partial charge on any atom is -0.338 e. The average Bonchev–Trinajstić information content (AvgIpc) is 2.85. The quantitative estimate of drug-likeness (QED) is 0.612. The second kappa shape index (κ2) is 5.82. The Kier molecular flexibility index (Phi) is 4.15. The zero-order chi connectivity index (χ0) is 13.0. The van der Waals surface area contributed by atoms with Gasteiger partial charge in [0.2, 0.25) is 5.89 Å². The van der Waals surface area contributed by atoms with Gasteiger partial charge in [-0.1, -0.05) is 24.2 Å². The fourth-order valence-corrected chi connectivity index (χ4v) is 2.16. The van der Waals surface area contributed by atoms with Gasteiger partial charge in [-0.15, -0.1) is 11.8 Å². The van der Waals surface area contributed by atoms with Gasteiger partial charge in [0.1, 0.15) is 0 Å². The maximum atomic E-state index is 11.1. The van der Waals surface area contributed by atoms with Crippen molar-refractivity contribution in [1.29, 1.82) is 0 Å². The van der Waals surface area contributed by atoms with E-state index in [1.165, 1.54) is 0 Å². The summed E-state index contributed by atoms with van der Waals surface area (Å²) in [4.78, 5) is 16.4. The second-order valence-corrected chi connectivity index (χ2v) is 4.88. The molecule has 0 amide bonds. The van der Waals surface area contributed by atoms with Crippen LogP contribution in [-0.2, 0) is 12.2 Å². The van der Waals surface area contributed by atoms with Gasteiger partial charge in [-0.2, -0.15) is 4.98 Å². The van der Waals surface area contributed by atoms with Crippen molar-refractivity contribution in [2.75, 3.05) is 0 Å². The molecular formula is C13H14N2O2S. The zero-order valence-electron chi connectivity index (χ0n) is 10.3. The van der Waals surface area contributed by atoms with Crippen LogP contribution in [0.5, 0.6) is 0 Å². The molecule has 2 aromatic rings. The molecule has 94 valence electrons. The van der Waals surface area contributed by atoms with Crippen molar-refractivity contribution >= 4 is 17.5 Å². The van der Waals surface area contributed by atoms with E-state index in [2.05, 4.69) is 10.1 Å². The third-order valence-electron chi connectivity index (χ3n) is 2.45. The van der Waals surface area contributed by atoms with Crippen LogP contribution in [0.4, 0.5) is 0 Å². The molecule has 0 bridgehead atoms. The van der Waals surface area contributed by atoms with Gasteiger partial charge in [-0.05, 0) is 19.1 Å². The number of ketones is 1. The Morgan fingerprint density at radius 3 is 2.61 bits per heavy atom. The molecule has 0 saturated heterocycles. The van der Waals surface area contributed by atoms with Gasteiger partial charge >= 0.3 is 0 Å². The smallest absolute Gasteiger partial charge is 0.237 e. The molecule has 0 aliphatic rings. The van der Waals surface area contributed by atoms with Crippen LogP contribution in [-0.4, -0.2) is 15.9 Å². The van der Waals surface area contributed by atoms with Crippen LogP contribution in [0, 0.1) is 0 Å². The first-order valence-electron chi connectivity index (χ1n) is 5.74. The summed E-state index contributed by atoms with van der Waals surface area (Å²) in [7, 11) is 0. The molecule has 18 heavy (non-hydrogen) atoms. The maximum absolute atomic E-state index is 11.1. The summed E-state index contributed by atoms with van der Waals surface area (Å²) in [6.07, 6.45) is 0.779. The Morgan fingerprint density at radius 1 is 1.33 bits per heavy atom. The molecule has 1 heterocycles. The third-order valence-corrected chi connectivity index (χ3v) is 3.45. The molecule has 2 rings (SSSR count). The minimum absolute atomic E-state index is 0.0797. The van der Waals surface area contributed by atoms with Gasteiger partial charge in [0.25, 0.3) is 0 Å². The first-order chi connectivity index (χ1) is 8.69. The van der Waals surface area contributed by atoms with E-state index in [-0.39, 0.29) is 5.78 Å². The summed E-state index contributed by atoms with van der Waals surface area (Å²) in [5.74, 6) is 2.09. The van der Waals surface area contributed by atoms with E-state index >= 15 is 0 Å². The fourth-order valence-electron chi connectivity index (χ4n) is 1.42. The fraction of sp³-hybridized carbons (Fsp3) is 0.308. The van der Waals surface area contributed by atoms with Gasteiger partial charge < -0.3 is 4.52 Å². The summed E-state index contributed by atoms with van der Waals surface area (Å²) in [6, 6.07) is 7.52. The lowest BCUT2D eigenvalue weighted by molar-refractivity contribution is 0.101. The van der Waals surface area contributed by atoms with E-state index in [9.17, 15) is 4.79 Å². The number of rotatable bonds is 5. The average molecular weight is 262 g/mol. The van der Waals surface area contributed by atoms with Gasteiger partial charge in [0.15, 0.2) is 11.6 Å². The number of Topliss-reactive ketones (excluding diaryl/α,β-unsaturated/α-hetero) is 1. The highest BCUT2D eigenvalue weighted by atomic mass is 32.2. The van der Waals surface area contributed by atoms with Crippen LogP contribution in [0.15, 0.2) is 33.7 Å². The molecule has 0 spiro atoms. The molecule has 0 N–H and O–H groups in total. The summed E-state index contributed by atoms with van der Waals surface area (Å²) in [5, 5.41) is 3.84. The summed E-state index contributed by atoms with van der Waals surface area (Å²) >= 11 is 1.61. The number of nitrogens with zero attached hydrogens (tertiary/aromatic N) is 2. The van der Waals surface area contributed by atoms with Crippen molar-refractivity contribution in [3.63, 3.8) is 0 Å². The Morgan fingerprint density at radius 2 is 2.06 bits per heavy atom. The van der Waals surface area contributed by atoms with E-state index in [0.29, 0.717) is 11.6 Å². The summed E-state index contributed by atoms with van der Waals surface area (Å²) in [6.45, 7) is 3.55. The Balaban J connectivity index is 1.95. The SMILES string of the molecule is CCc1noc(CSc2ccc(C(C)=O)cc2)n1. The molecule has 1 aromatic heterocycles. The van der Waals surface area contributed by atoms with Crippen LogP contribution in [0.2, 0.25) is 0 Å². The molecule has 0 fully saturated rings. The third kappa shape index (κ3) is 3.20. The van der Waals surface area contributed by atoms with Crippen LogP contribution in [0.1, 0.15) is 35.9 Å². The van der Waals surface area contributed by atoms with Gasteiger partial charge in [0, 0.05) is 16.9 Å². The van der Waals surface area contributed by atoms with Gasteiger partial charge in [0.05, 0.1) is 5.75 Å². The molecule has 0 aliphatic carbocycles. The van der Waals surface area contributed by atoms with Crippen LogP contribution >= 0.6 is 11.8 Å². The molecule has 5 heteroatoms. The van der Waals surface area contributed by atoms with Gasteiger partial charge in [-0.3, -0.25) is 4.79 Å². The van der Waals surface area contributed by atoms with Crippen molar-refractivity contribution in [2.24, 2.45) is 0 Å². The molecule has 0 atom stereocenters.